The SMILES string of the molecule is CCCOc1ccc(CCN)c(OCc2noc(C)n2)c1. The molecule has 21 heavy (non-hydrogen) atoms. The molecule has 114 valence electrons. The smallest absolute Gasteiger partial charge is 0.223 e. The van der Waals surface area contributed by atoms with Gasteiger partial charge in [-0.1, -0.05) is 18.1 Å². The minimum atomic E-state index is 0.256. The molecule has 2 rings (SSSR count). The Kier molecular flexibility index (Phi) is 5.57. The van der Waals surface area contributed by atoms with E-state index in [-0.39, 0.29) is 6.61 Å². The molecule has 0 aliphatic heterocycles. The highest BCUT2D eigenvalue weighted by molar-refractivity contribution is 5.41. The van der Waals surface area contributed by atoms with E-state index in [1.54, 1.807) is 6.92 Å². The lowest BCUT2D eigenvalue weighted by Crippen LogP contribution is -2.06. The van der Waals surface area contributed by atoms with Crippen LogP contribution < -0.4 is 15.2 Å². The molecule has 0 aliphatic rings. The van der Waals surface area contributed by atoms with Crippen molar-refractivity contribution in [1.82, 2.24) is 10.1 Å². The van der Waals surface area contributed by atoms with Gasteiger partial charge in [0.2, 0.25) is 11.7 Å². The zero-order chi connectivity index (χ0) is 15.1. The highest BCUT2D eigenvalue weighted by atomic mass is 16.5. The van der Waals surface area contributed by atoms with Gasteiger partial charge in [-0.25, -0.2) is 0 Å². The van der Waals surface area contributed by atoms with Crippen molar-refractivity contribution in [1.29, 1.82) is 0 Å². The molecule has 0 spiro atoms. The fourth-order valence-electron chi connectivity index (χ4n) is 1.88. The van der Waals surface area contributed by atoms with Crippen molar-refractivity contribution in [3.63, 3.8) is 0 Å². The molecule has 2 N–H and O–H groups in total. The van der Waals surface area contributed by atoms with Gasteiger partial charge < -0.3 is 19.7 Å². The molecule has 0 radical (unpaired) electrons. The molecular weight excluding hydrogens is 270 g/mol. The minimum absolute atomic E-state index is 0.256. The molecule has 6 nitrogen and oxygen atoms in total. The molecule has 0 atom stereocenters. The molecule has 0 amide bonds. The number of aryl methyl sites for hydroxylation is 1. The lowest BCUT2D eigenvalue weighted by Gasteiger charge is -2.12. The summed E-state index contributed by atoms with van der Waals surface area (Å²) in [5.74, 6) is 2.58. The largest absolute Gasteiger partial charge is 0.493 e. The third-order valence-corrected chi connectivity index (χ3v) is 2.85. The average molecular weight is 291 g/mol. The molecule has 0 aliphatic carbocycles. The Morgan fingerprint density at radius 2 is 2.14 bits per heavy atom. The molecule has 1 aromatic heterocycles. The molecular formula is C15H21N3O3. The Morgan fingerprint density at radius 1 is 1.29 bits per heavy atom. The van der Waals surface area contributed by atoms with Crippen molar-refractivity contribution >= 4 is 0 Å². The van der Waals surface area contributed by atoms with E-state index in [1.165, 1.54) is 0 Å². The summed E-state index contributed by atoms with van der Waals surface area (Å²) in [6.07, 6.45) is 1.71. The first kappa shape index (κ1) is 15.3. The van der Waals surface area contributed by atoms with Gasteiger partial charge >= 0.3 is 0 Å². The van der Waals surface area contributed by atoms with Gasteiger partial charge in [-0.15, -0.1) is 0 Å². The Hall–Kier alpha value is -2.08. The molecule has 0 bridgehead atoms. The van der Waals surface area contributed by atoms with Crippen LogP contribution in [0.4, 0.5) is 0 Å². The molecule has 0 fully saturated rings. The molecule has 0 saturated carbocycles. The zero-order valence-corrected chi connectivity index (χ0v) is 12.5. The van der Waals surface area contributed by atoms with E-state index >= 15 is 0 Å². The Balaban J connectivity index is 2.09. The van der Waals surface area contributed by atoms with Crippen LogP contribution in [0.1, 0.15) is 30.6 Å². The number of nitrogens with two attached hydrogens (primary N) is 1. The van der Waals surface area contributed by atoms with E-state index in [0.29, 0.717) is 24.9 Å². The number of hydrogen-bond donors (Lipinski definition) is 1. The van der Waals surface area contributed by atoms with Gasteiger partial charge in [0.25, 0.3) is 0 Å². The van der Waals surface area contributed by atoms with E-state index in [1.807, 2.05) is 18.2 Å². The van der Waals surface area contributed by atoms with Gasteiger partial charge in [0.1, 0.15) is 11.5 Å². The van der Waals surface area contributed by atoms with Crippen LogP contribution in [-0.2, 0) is 13.0 Å². The summed E-state index contributed by atoms with van der Waals surface area (Å²) >= 11 is 0. The predicted octanol–water partition coefficient (Wildman–Crippen LogP) is 2.25. The van der Waals surface area contributed by atoms with Crippen LogP contribution in [0.15, 0.2) is 22.7 Å². The second-order valence-corrected chi connectivity index (χ2v) is 4.67. The highest BCUT2D eigenvalue weighted by Crippen LogP contribution is 2.26. The number of rotatable bonds is 8. The Labute approximate surface area is 124 Å². The first-order valence-electron chi connectivity index (χ1n) is 7.10. The molecule has 0 saturated heterocycles. The van der Waals surface area contributed by atoms with Crippen LogP contribution in [0, 0.1) is 6.92 Å². The topological polar surface area (TPSA) is 83.4 Å². The molecule has 1 aromatic carbocycles. The first-order chi connectivity index (χ1) is 10.2. The highest BCUT2D eigenvalue weighted by Gasteiger charge is 2.09. The number of aromatic nitrogens is 2. The fraction of sp³-hybridized carbons (Fsp3) is 0.467. The summed E-state index contributed by atoms with van der Waals surface area (Å²) in [5, 5.41) is 3.81. The van der Waals surface area contributed by atoms with Gasteiger partial charge in [-0.05, 0) is 31.0 Å². The molecule has 2 aromatic rings. The van der Waals surface area contributed by atoms with E-state index in [2.05, 4.69) is 17.1 Å². The van der Waals surface area contributed by atoms with Crippen molar-refractivity contribution in [2.45, 2.75) is 33.3 Å². The molecule has 6 heteroatoms. The summed E-state index contributed by atoms with van der Waals surface area (Å²) in [6.45, 7) is 5.31. The Bertz CT molecular complexity index is 569. The van der Waals surface area contributed by atoms with E-state index < -0.39 is 0 Å². The maximum Gasteiger partial charge on any atom is 0.223 e. The van der Waals surface area contributed by atoms with Crippen LogP contribution >= 0.6 is 0 Å². The van der Waals surface area contributed by atoms with Crippen molar-refractivity contribution in [2.24, 2.45) is 5.73 Å². The van der Waals surface area contributed by atoms with Crippen molar-refractivity contribution in [3.05, 3.63) is 35.5 Å². The van der Waals surface area contributed by atoms with Gasteiger partial charge in [-0.3, -0.25) is 0 Å². The molecule has 0 unspecified atom stereocenters. The lowest BCUT2D eigenvalue weighted by molar-refractivity contribution is 0.277. The summed E-state index contributed by atoms with van der Waals surface area (Å²) in [5.41, 5.74) is 6.67. The number of hydrogen-bond acceptors (Lipinski definition) is 6. The second kappa shape index (κ2) is 7.64. The Morgan fingerprint density at radius 3 is 2.81 bits per heavy atom. The lowest BCUT2D eigenvalue weighted by atomic mass is 10.1. The van der Waals surface area contributed by atoms with Crippen LogP contribution in [0.3, 0.4) is 0 Å². The van der Waals surface area contributed by atoms with E-state index in [4.69, 9.17) is 19.7 Å². The predicted molar refractivity (Wildman–Crippen MR) is 78.4 cm³/mol. The van der Waals surface area contributed by atoms with Crippen molar-refractivity contribution in [3.8, 4) is 11.5 Å². The van der Waals surface area contributed by atoms with Gasteiger partial charge in [0, 0.05) is 13.0 Å². The number of nitrogens with zero attached hydrogens (tertiary/aromatic N) is 2. The van der Waals surface area contributed by atoms with Crippen LogP contribution in [0.5, 0.6) is 11.5 Å². The van der Waals surface area contributed by atoms with Gasteiger partial charge in [0.05, 0.1) is 6.61 Å². The van der Waals surface area contributed by atoms with Crippen LogP contribution in [0.25, 0.3) is 0 Å². The molecule has 1 heterocycles. The normalized spacial score (nSPS) is 10.6. The monoisotopic (exact) mass is 291 g/mol. The van der Waals surface area contributed by atoms with E-state index in [0.717, 1.165) is 29.9 Å². The van der Waals surface area contributed by atoms with Gasteiger partial charge in [-0.2, -0.15) is 4.98 Å². The average Bonchev–Trinajstić information content (AvgIpc) is 2.90. The summed E-state index contributed by atoms with van der Waals surface area (Å²) in [6, 6.07) is 5.80. The maximum atomic E-state index is 5.79. The third-order valence-electron chi connectivity index (χ3n) is 2.85. The van der Waals surface area contributed by atoms with E-state index in [9.17, 15) is 0 Å². The summed E-state index contributed by atoms with van der Waals surface area (Å²) in [7, 11) is 0. The number of ether oxygens (including phenoxy) is 2. The maximum absolute atomic E-state index is 5.79. The minimum Gasteiger partial charge on any atom is -0.493 e. The van der Waals surface area contributed by atoms with Gasteiger partial charge in [0.15, 0.2) is 6.61 Å². The third kappa shape index (κ3) is 4.46. The van der Waals surface area contributed by atoms with Crippen LogP contribution in [0.2, 0.25) is 0 Å². The van der Waals surface area contributed by atoms with Crippen LogP contribution in [-0.4, -0.2) is 23.3 Å². The second-order valence-electron chi connectivity index (χ2n) is 4.67. The zero-order valence-electron chi connectivity index (χ0n) is 12.5. The van der Waals surface area contributed by atoms with Crippen molar-refractivity contribution in [2.75, 3.05) is 13.2 Å². The summed E-state index contributed by atoms with van der Waals surface area (Å²) in [4.78, 5) is 4.11. The standard InChI is InChI=1S/C15H21N3O3/c1-3-8-19-13-5-4-12(6-7-16)14(9-13)20-10-15-17-11(2)21-18-15/h4-5,9H,3,6-8,10,16H2,1-2H3. The summed E-state index contributed by atoms with van der Waals surface area (Å²) < 4.78 is 16.3. The number of benzene rings is 1. The quantitative estimate of drug-likeness (QED) is 0.803. The fourth-order valence-corrected chi connectivity index (χ4v) is 1.88. The first-order valence-corrected chi connectivity index (χ1v) is 7.10. The van der Waals surface area contributed by atoms with Crippen molar-refractivity contribution < 1.29 is 14.0 Å².